The number of halogens is 1. The lowest BCUT2D eigenvalue weighted by Crippen LogP contribution is -2.32. The van der Waals surface area contributed by atoms with Crippen LogP contribution in [0, 0.1) is 13.8 Å². The molecule has 0 spiro atoms. The number of aromatic nitrogens is 2. The predicted molar refractivity (Wildman–Crippen MR) is 82.2 cm³/mol. The van der Waals surface area contributed by atoms with E-state index in [1.165, 1.54) is 11.3 Å². The van der Waals surface area contributed by atoms with Crippen LogP contribution in [0.5, 0.6) is 0 Å². The third-order valence-corrected chi connectivity index (χ3v) is 4.14. The van der Waals surface area contributed by atoms with E-state index in [1.54, 1.807) is 18.3 Å². The molecule has 2 aromatic heterocycles. The molecule has 0 saturated heterocycles. The fourth-order valence-electron chi connectivity index (χ4n) is 1.42. The van der Waals surface area contributed by atoms with Gasteiger partial charge in [-0.3, -0.25) is 4.79 Å². The number of carbonyl (C=O) groups excluding carboxylic acids is 1. The Morgan fingerprint density at radius 3 is 2.63 bits per heavy atom. The molecule has 0 aliphatic rings. The van der Waals surface area contributed by atoms with Gasteiger partial charge in [-0.05, 0) is 20.8 Å². The van der Waals surface area contributed by atoms with Crippen molar-refractivity contribution in [1.29, 1.82) is 0 Å². The fourth-order valence-corrected chi connectivity index (χ4v) is 3.08. The summed E-state index contributed by atoms with van der Waals surface area (Å²) in [6, 6.07) is -0.537. The molecule has 2 rings (SSSR count). The lowest BCUT2D eigenvalue weighted by atomic mass is 10.3. The summed E-state index contributed by atoms with van der Waals surface area (Å²) in [5, 5.41) is 6.18. The molecule has 0 unspecified atom stereocenters. The zero-order chi connectivity index (χ0) is 13.3. The van der Waals surface area contributed by atoms with Gasteiger partial charge in [-0.2, -0.15) is 0 Å². The zero-order valence-electron chi connectivity index (χ0n) is 10.8. The SMILES string of the molecule is Cc1nc(C)c(-c2csc(NC(=O)[C@H](C)N)n2)s1.Cl. The monoisotopic (exact) mass is 318 g/mol. The largest absolute Gasteiger partial charge is 0.320 e. The van der Waals surface area contributed by atoms with Gasteiger partial charge in [0.05, 0.1) is 27.3 Å². The van der Waals surface area contributed by atoms with Gasteiger partial charge in [0.1, 0.15) is 0 Å². The van der Waals surface area contributed by atoms with Gasteiger partial charge in [-0.25, -0.2) is 9.97 Å². The molecule has 0 saturated carbocycles. The van der Waals surface area contributed by atoms with E-state index in [0.29, 0.717) is 5.13 Å². The first kappa shape index (κ1) is 16.0. The van der Waals surface area contributed by atoms with E-state index >= 15 is 0 Å². The lowest BCUT2D eigenvalue weighted by molar-refractivity contribution is -0.117. The summed E-state index contributed by atoms with van der Waals surface area (Å²) in [4.78, 5) is 21.2. The van der Waals surface area contributed by atoms with E-state index in [2.05, 4.69) is 15.3 Å². The third-order valence-electron chi connectivity index (χ3n) is 2.28. The quantitative estimate of drug-likeness (QED) is 0.911. The van der Waals surface area contributed by atoms with Gasteiger partial charge in [0.2, 0.25) is 5.91 Å². The Bertz CT molecular complexity index is 579. The first-order valence-corrected chi connectivity index (χ1v) is 7.13. The predicted octanol–water partition coefficient (Wildman–Crippen LogP) is 2.59. The summed E-state index contributed by atoms with van der Waals surface area (Å²) < 4.78 is 0. The van der Waals surface area contributed by atoms with Gasteiger partial charge in [0, 0.05) is 5.38 Å². The van der Waals surface area contributed by atoms with Crippen LogP contribution in [0.4, 0.5) is 5.13 Å². The summed E-state index contributed by atoms with van der Waals surface area (Å²) in [5.41, 5.74) is 7.30. The number of nitrogens with two attached hydrogens (primary N) is 1. The maximum absolute atomic E-state index is 11.4. The fraction of sp³-hybridized carbons (Fsp3) is 0.364. The van der Waals surface area contributed by atoms with Crippen molar-refractivity contribution < 1.29 is 4.79 Å². The zero-order valence-corrected chi connectivity index (χ0v) is 13.2. The number of carbonyl (C=O) groups is 1. The Labute approximate surface area is 125 Å². The van der Waals surface area contributed by atoms with E-state index in [4.69, 9.17) is 5.73 Å². The van der Waals surface area contributed by atoms with Crippen LogP contribution in [-0.2, 0) is 4.79 Å². The number of hydrogen-bond donors (Lipinski definition) is 2. The van der Waals surface area contributed by atoms with Crippen molar-refractivity contribution in [3.63, 3.8) is 0 Å². The number of thiazole rings is 2. The van der Waals surface area contributed by atoms with Crippen LogP contribution in [-0.4, -0.2) is 21.9 Å². The van der Waals surface area contributed by atoms with E-state index < -0.39 is 6.04 Å². The molecule has 1 atom stereocenters. The number of hydrogen-bond acceptors (Lipinski definition) is 6. The molecule has 0 fully saturated rings. The maximum atomic E-state index is 11.4. The maximum Gasteiger partial charge on any atom is 0.242 e. The molecule has 2 aromatic rings. The standard InChI is InChI=1S/C11H14N4OS2.ClH/c1-5(12)10(16)15-11-14-8(4-17-11)9-6(2)13-7(3)18-9;/h4-5H,12H2,1-3H3,(H,14,15,16);1H/t5-;/m0./s1. The summed E-state index contributed by atoms with van der Waals surface area (Å²) in [6.45, 7) is 5.56. The normalized spacial score (nSPS) is 11.8. The van der Waals surface area contributed by atoms with Gasteiger partial charge in [-0.15, -0.1) is 35.1 Å². The van der Waals surface area contributed by atoms with Crippen molar-refractivity contribution in [3.8, 4) is 10.6 Å². The molecule has 8 heteroatoms. The molecule has 0 radical (unpaired) electrons. The Balaban J connectivity index is 0.00000180. The number of amides is 1. The van der Waals surface area contributed by atoms with Gasteiger partial charge >= 0.3 is 0 Å². The van der Waals surface area contributed by atoms with Crippen molar-refractivity contribution in [3.05, 3.63) is 16.1 Å². The molecule has 3 N–H and O–H groups in total. The Kier molecular flexibility index (Phi) is 5.42. The van der Waals surface area contributed by atoms with Crippen LogP contribution in [0.25, 0.3) is 10.6 Å². The Hall–Kier alpha value is -1.02. The first-order chi connectivity index (χ1) is 8.47. The number of nitrogens with one attached hydrogen (secondary N) is 1. The van der Waals surface area contributed by atoms with E-state index in [1.807, 2.05) is 19.2 Å². The van der Waals surface area contributed by atoms with Crippen molar-refractivity contribution >= 4 is 46.1 Å². The molecule has 19 heavy (non-hydrogen) atoms. The molecular weight excluding hydrogens is 304 g/mol. The minimum absolute atomic E-state index is 0. The first-order valence-electron chi connectivity index (χ1n) is 5.43. The average Bonchev–Trinajstić information content (AvgIpc) is 2.85. The van der Waals surface area contributed by atoms with E-state index in [-0.39, 0.29) is 18.3 Å². The van der Waals surface area contributed by atoms with Crippen LogP contribution < -0.4 is 11.1 Å². The second-order valence-electron chi connectivity index (χ2n) is 3.96. The molecule has 104 valence electrons. The Morgan fingerprint density at radius 2 is 2.11 bits per heavy atom. The highest BCUT2D eigenvalue weighted by Crippen LogP contribution is 2.31. The summed E-state index contributed by atoms with van der Waals surface area (Å²) >= 11 is 2.99. The van der Waals surface area contributed by atoms with Gasteiger partial charge < -0.3 is 11.1 Å². The summed E-state index contributed by atoms with van der Waals surface area (Å²) in [5.74, 6) is -0.229. The number of nitrogens with zero attached hydrogens (tertiary/aromatic N) is 2. The molecular formula is C11H15ClN4OS2. The Morgan fingerprint density at radius 1 is 1.42 bits per heavy atom. The molecule has 0 aliphatic carbocycles. The molecule has 2 heterocycles. The molecule has 0 aromatic carbocycles. The van der Waals surface area contributed by atoms with Crippen LogP contribution in [0.1, 0.15) is 17.6 Å². The van der Waals surface area contributed by atoms with Crippen LogP contribution in [0.15, 0.2) is 5.38 Å². The highest BCUT2D eigenvalue weighted by molar-refractivity contribution is 7.16. The minimum atomic E-state index is -0.537. The second kappa shape index (κ2) is 6.42. The summed E-state index contributed by atoms with van der Waals surface area (Å²) in [6.07, 6.45) is 0. The molecule has 1 amide bonds. The van der Waals surface area contributed by atoms with E-state index in [0.717, 1.165) is 21.3 Å². The van der Waals surface area contributed by atoms with Gasteiger partial charge in [0.25, 0.3) is 0 Å². The van der Waals surface area contributed by atoms with Gasteiger partial charge in [0.15, 0.2) is 5.13 Å². The number of anilines is 1. The van der Waals surface area contributed by atoms with Crippen molar-refractivity contribution in [2.24, 2.45) is 5.73 Å². The average molecular weight is 319 g/mol. The third kappa shape index (κ3) is 3.73. The lowest BCUT2D eigenvalue weighted by Gasteiger charge is -2.03. The van der Waals surface area contributed by atoms with Crippen molar-refractivity contribution in [2.45, 2.75) is 26.8 Å². The number of rotatable bonds is 3. The minimum Gasteiger partial charge on any atom is -0.320 e. The number of aryl methyl sites for hydroxylation is 2. The van der Waals surface area contributed by atoms with Gasteiger partial charge in [-0.1, -0.05) is 0 Å². The molecule has 5 nitrogen and oxygen atoms in total. The van der Waals surface area contributed by atoms with Crippen LogP contribution >= 0.6 is 35.1 Å². The van der Waals surface area contributed by atoms with Crippen molar-refractivity contribution in [1.82, 2.24) is 9.97 Å². The second-order valence-corrected chi connectivity index (χ2v) is 6.02. The van der Waals surface area contributed by atoms with E-state index in [9.17, 15) is 4.79 Å². The van der Waals surface area contributed by atoms with Crippen LogP contribution in [0.3, 0.4) is 0 Å². The molecule has 0 aliphatic heterocycles. The molecule has 0 bridgehead atoms. The van der Waals surface area contributed by atoms with Crippen molar-refractivity contribution in [2.75, 3.05) is 5.32 Å². The van der Waals surface area contributed by atoms with Crippen LogP contribution in [0.2, 0.25) is 0 Å². The highest BCUT2D eigenvalue weighted by atomic mass is 35.5. The smallest absolute Gasteiger partial charge is 0.242 e. The topological polar surface area (TPSA) is 80.9 Å². The summed E-state index contributed by atoms with van der Waals surface area (Å²) in [7, 11) is 0. The highest BCUT2D eigenvalue weighted by Gasteiger charge is 2.14.